The maximum Gasteiger partial charge on any atom is 0.126 e. The molecular formula is C18H22O. The monoisotopic (exact) mass is 254 g/mol. The molecule has 1 nitrogen and oxygen atoms in total. The van der Waals surface area contributed by atoms with Gasteiger partial charge < -0.3 is 4.74 Å². The van der Waals surface area contributed by atoms with E-state index >= 15 is 0 Å². The quantitative estimate of drug-likeness (QED) is 0.652. The zero-order valence-corrected chi connectivity index (χ0v) is 11.9. The summed E-state index contributed by atoms with van der Waals surface area (Å²) < 4.78 is 5.48. The zero-order valence-electron chi connectivity index (χ0n) is 11.9. The fraction of sp³-hybridized carbons (Fsp3) is 0.333. The maximum absolute atomic E-state index is 5.48. The molecule has 1 heteroatoms. The molecule has 0 radical (unpaired) electrons. The van der Waals surface area contributed by atoms with Gasteiger partial charge in [0.15, 0.2) is 0 Å². The first-order valence-electron chi connectivity index (χ1n) is 7.08. The Bertz CT molecular complexity index is 517. The van der Waals surface area contributed by atoms with E-state index in [-0.39, 0.29) is 0 Å². The van der Waals surface area contributed by atoms with Crippen LogP contribution in [0.25, 0.3) is 11.1 Å². The van der Waals surface area contributed by atoms with Crippen molar-refractivity contribution in [3.05, 3.63) is 54.1 Å². The Labute approximate surface area is 116 Å². The van der Waals surface area contributed by atoms with E-state index in [1.807, 2.05) is 12.1 Å². The van der Waals surface area contributed by atoms with Crippen molar-refractivity contribution in [2.75, 3.05) is 7.11 Å². The average Bonchev–Trinajstić information content (AvgIpc) is 2.48. The number of hydrogen-bond donors (Lipinski definition) is 0. The molecule has 2 aromatic carbocycles. The third-order valence-corrected chi connectivity index (χ3v) is 3.46. The fourth-order valence-electron chi connectivity index (χ4n) is 2.43. The second-order valence-corrected chi connectivity index (χ2v) is 4.81. The van der Waals surface area contributed by atoms with Crippen LogP contribution in [0.15, 0.2) is 48.5 Å². The maximum atomic E-state index is 5.48. The summed E-state index contributed by atoms with van der Waals surface area (Å²) in [6, 6.07) is 16.9. The topological polar surface area (TPSA) is 9.23 Å². The molecule has 19 heavy (non-hydrogen) atoms. The van der Waals surface area contributed by atoms with Crippen molar-refractivity contribution in [1.82, 2.24) is 0 Å². The van der Waals surface area contributed by atoms with Crippen LogP contribution in [0.5, 0.6) is 5.75 Å². The first-order valence-corrected chi connectivity index (χ1v) is 7.08. The van der Waals surface area contributed by atoms with Crippen LogP contribution in [0.1, 0.15) is 31.7 Å². The number of methoxy groups -OCH3 is 1. The number of aryl methyl sites for hydroxylation is 1. The lowest BCUT2D eigenvalue weighted by Gasteiger charge is -2.13. The molecule has 0 aliphatic rings. The van der Waals surface area contributed by atoms with Gasteiger partial charge >= 0.3 is 0 Å². The molecule has 0 amide bonds. The van der Waals surface area contributed by atoms with E-state index < -0.39 is 0 Å². The van der Waals surface area contributed by atoms with Crippen molar-refractivity contribution in [3.8, 4) is 16.9 Å². The summed E-state index contributed by atoms with van der Waals surface area (Å²) in [7, 11) is 1.73. The van der Waals surface area contributed by atoms with Gasteiger partial charge in [-0.05, 0) is 30.0 Å². The minimum absolute atomic E-state index is 0.949. The summed E-state index contributed by atoms with van der Waals surface area (Å²) in [5.41, 5.74) is 3.91. The Kier molecular flexibility index (Phi) is 5.02. The van der Waals surface area contributed by atoms with E-state index in [2.05, 4.69) is 43.3 Å². The Morgan fingerprint density at radius 3 is 2.26 bits per heavy atom. The van der Waals surface area contributed by atoms with Gasteiger partial charge in [-0.2, -0.15) is 0 Å². The highest BCUT2D eigenvalue weighted by molar-refractivity contribution is 5.73. The predicted molar refractivity (Wildman–Crippen MR) is 81.7 cm³/mol. The van der Waals surface area contributed by atoms with Gasteiger partial charge in [-0.1, -0.05) is 62.2 Å². The molecule has 2 aromatic rings. The molecule has 0 aromatic heterocycles. The highest BCUT2D eigenvalue weighted by Gasteiger charge is 2.08. The van der Waals surface area contributed by atoms with E-state index in [4.69, 9.17) is 4.74 Å². The summed E-state index contributed by atoms with van der Waals surface area (Å²) in [5.74, 6) is 0.949. The molecule has 0 bridgehead atoms. The lowest BCUT2D eigenvalue weighted by atomic mass is 9.95. The third kappa shape index (κ3) is 3.37. The van der Waals surface area contributed by atoms with Crippen molar-refractivity contribution in [2.45, 2.75) is 32.6 Å². The zero-order chi connectivity index (χ0) is 13.5. The van der Waals surface area contributed by atoms with Gasteiger partial charge in [0, 0.05) is 5.56 Å². The standard InChI is InChI=1S/C18H22O/c1-3-4-5-10-15-11-6-7-12-16(15)17-13-8-9-14-18(17)19-2/h6-9,11-14H,3-5,10H2,1-2H3. The molecular weight excluding hydrogens is 232 g/mol. The van der Waals surface area contributed by atoms with E-state index in [1.165, 1.54) is 36.0 Å². The molecule has 0 atom stereocenters. The normalized spacial score (nSPS) is 10.4. The lowest BCUT2D eigenvalue weighted by Crippen LogP contribution is -1.93. The molecule has 0 saturated carbocycles. The van der Waals surface area contributed by atoms with E-state index in [0.717, 1.165) is 12.2 Å². The van der Waals surface area contributed by atoms with Gasteiger partial charge in [0.05, 0.1) is 7.11 Å². The molecule has 0 N–H and O–H groups in total. The second-order valence-electron chi connectivity index (χ2n) is 4.81. The molecule has 0 saturated heterocycles. The van der Waals surface area contributed by atoms with Crippen LogP contribution >= 0.6 is 0 Å². The van der Waals surface area contributed by atoms with Crippen molar-refractivity contribution in [2.24, 2.45) is 0 Å². The van der Waals surface area contributed by atoms with Crippen molar-refractivity contribution >= 4 is 0 Å². The smallest absolute Gasteiger partial charge is 0.126 e. The summed E-state index contributed by atoms with van der Waals surface area (Å²) in [4.78, 5) is 0. The summed E-state index contributed by atoms with van der Waals surface area (Å²) in [6.07, 6.45) is 4.95. The van der Waals surface area contributed by atoms with Crippen LogP contribution < -0.4 is 4.74 Å². The number of rotatable bonds is 6. The minimum atomic E-state index is 0.949. The summed E-state index contributed by atoms with van der Waals surface area (Å²) >= 11 is 0. The lowest BCUT2D eigenvalue weighted by molar-refractivity contribution is 0.416. The largest absolute Gasteiger partial charge is 0.496 e. The number of unbranched alkanes of at least 4 members (excludes halogenated alkanes) is 2. The van der Waals surface area contributed by atoms with Crippen LogP contribution in [0.2, 0.25) is 0 Å². The highest BCUT2D eigenvalue weighted by atomic mass is 16.5. The molecule has 0 spiro atoms. The minimum Gasteiger partial charge on any atom is -0.496 e. The average molecular weight is 254 g/mol. The first kappa shape index (κ1) is 13.7. The van der Waals surface area contributed by atoms with Crippen molar-refractivity contribution in [1.29, 1.82) is 0 Å². The summed E-state index contributed by atoms with van der Waals surface area (Å²) in [6.45, 7) is 2.24. The van der Waals surface area contributed by atoms with E-state index in [9.17, 15) is 0 Å². The highest BCUT2D eigenvalue weighted by Crippen LogP contribution is 2.32. The van der Waals surface area contributed by atoms with Crippen LogP contribution in [0.4, 0.5) is 0 Å². The Hall–Kier alpha value is -1.76. The van der Waals surface area contributed by atoms with Crippen molar-refractivity contribution in [3.63, 3.8) is 0 Å². The molecule has 2 rings (SSSR count). The molecule has 0 aliphatic carbocycles. The fourth-order valence-corrected chi connectivity index (χ4v) is 2.43. The predicted octanol–water partition coefficient (Wildman–Crippen LogP) is 5.09. The van der Waals surface area contributed by atoms with Gasteiger partial charge in [-0.25, -0.2) is 0 Å². The summed E-state index contributed by atoms with van der Waals surface area (Å²) in [5, 5.41) is 0. The van der Waals surface area contributed by atoms with Crippen LogP contribution in [-0.2, 0) is 6.42 Å². The van der Waals surface area contributed by atoms with Crippen LogP contribution in [-0.4, -0.2) is 7.11 Å². The van der Waals surface area contributed by atoms with Crippen LogP contribution in [0, 0.1) is 0 Å². The molecule has 0 unspecified atom stereocenters. The van der Waals surface area contributed by atoms with Gasteiger partial charge in [0.2, 0.25) is 0 Å². The number of ether oxygens (including phenoxy) is 1. The molecule has 0 heterocycles. The van der Waals surface area contributed by atoms with Gasteiger partial charge in [-0.3, -0.25) is 0 Å². The van der Waals surface area contributed by atoms with Crippen molar-refractivity contribution < 1.29 is 4.74 Å². The molecule has 100 valence electrons. The molecule has 0 aliphatic heterocycles. The van der Waals surface area contributed by atoms with Gasteiger partial charge in [-0.15, -0.1) is 0 Å². The second kappa shape index (κ2) is 6.98. The Morgan fingerprint density at radius 1 is 0.842 bits per heavy atom. The Balaban J connectivity index is 2.33. The first-order chi connectivity index (χ1) is 9.36. The SMILES string of the molecule is CCCCCc1ccccc1-c1ccccc1OC. The van der Waals surface area contributed by atoms with Gasteiger partial charge in [0.25, 0.3) is 0 Å². The number of benzene rings is 2. The van der Waals surface area contributed by atoms with E-state index in [1.54, 1.807) is 7.11 Å². The molecule has 0 fully saturated rings. The third-order valence-electron chi connectivity index (χ3n) is 3.46. The van der Waals surface area contributed by atoms with Crippen LogP contribution in [0.3, 0.4) is 0 Å². The number of hydrogen-bond acceptors (Lipinski definition) is 1. The Morgan fingerprint density at radius 2 is 1.53 bits per heavy atom. The van der Waals surface area contributed by atoms with Gasteiger partial charge in [0.1, 0.15) is 5.75 Å². The number of para-hydroxylation sites is 1. The van der Waals surface area contributed by atoms with E-state index in [0.29, 0.717) is 0 Å².